The standard InChI is InChI=1S/C10H10N2O3S2/c1-15-10(13)9-4-7-8(16-9)3-6(5-12-7)17(2,11)14/h3-5,11H,1-2H3. The van der Waals surface area contributed by atoms with Gasteiger partial charge in [-0.15, -0.1) is 11.3 Å². The second-order valence-corrected chi connectivity index (χ2v) is 6.74. The molecule has 0 spiro atoms. The van der Waals surface area contributed by atoms with Crippen molar-refractivity contribution in [3.8, 4) is 0 Å². The summed E-state index contributed by atoms with van der Waals surface area (Å²) in [5.74, 6) is -0.419. The van der Waals surface area contributed by atoms with Crippen LogP contribution in [0.4, 0.5) is 0 Å². The Morgan fingerprint density at radius 3 is 2.82 bits per heavy atom. The van der Waals surface area contributed by atoms with Crippen LogP contribution in [0.1, 0.15) is 9.67 Å². The van der Waals surface area contributed by atoms with Crippen molar-refractivity contribution in [3.63, 3.8) is 0 Å². The predicted octanol–water partition coefficient (Wildman–Crippen LogP) is 2.12. The van der Waals surface area contributed by atoms with E-state index >= 15 is 0 Å². The Kier molecular flexibility index (Phi) is 2.88. The first-order chi connectivity index (χ1) is 7.91. The van der Waals surface area contributed by atoms with E-state index in [0.29, 0.717) is 15.3 Å². The van der Waals surface area contributed by atoms with Crippen molar-refractivity contribution in [3.05, 3.63) is 23.2 Å². The molecule has 90 valence electrons. The average Bonchev–Trinajstić information content (AvgIpc) is 2.69. The van der Waals surface area contributed by atoms with E-state index in [1.165, 1.54) is 30.9 Å². The number of esters is 1. The highest BCUT2D eigenvalue weighted by molar-refractivity contribution is 7.91. The van der Waals surface area contributed by atoms with Crippen LogP contribution in [0.25, 0.3) is 10.2 Å². The molecule has 0 fully saturated rings. The van der Waals surface area contributed by atoms with Gasteiger partial charge in [-0.2, -0.15) is 0 Å². The van der Waals surface area contributed by atoms with E-state index in [4.69, 9.17) is 4.78 Å². The maximum Gasteiger partial charge on any atom is 0.348 e. The first-order valence-corrected chi connectivity index (χ1v) is 7.42. The number of aromatic nitrogens is 1. The maximum absolute atomic E-state index is 11.6. The average molecular weight is 270 g/mol. The number of ether oxygens (including phenoxy) is 1. The van der Waals surface area contributed by atoms with E-state index in [1.807, 2.05) is 0 Å². The maximum atomic E-state index is 11.6. The Morgan fingerprint density at radius 2 is 2.24 bits per heavy atom. The lowest BCUT2D eigenvalue weighted by molar-refractivity contribution is 0.0606. The van der Waals surface area contributed by atoms with Crippen LogP contribution in [-0.2, 0) is 14.5 Å². The summed E-state index contributed by atoms with van der Waals surface area (Å²) >= 11 is 1.21. The number of carbonyl (C=O) groups excluding carboxylic acids is 1. The van der Waals surface area contributed by atoms with Crippen LogP contribution in [0.15, 0.2) is 23.2 Å². The van der Waals surface area contributed by atoms with Crippen molar-refractivity contribution in [1.82, 2.24) is 4.98 Å². The molecule has 5 nitrogen and oxygen atoms in total. The number of rotatable bonds is 2. The van der Waals surface area contributed by atoms with Gasteiger partial charge >= 0.3 is 5.97 Å². The molecular weight excluding hydrogens is 260 g/mol. The minimum atomic E-state index is -2.78. The van der Waals surface area contributed by atoms with E-state index in [1.54, 1.807) is 12.1 Å². The number of hydrogen-bond donors (Lipinski definition) is 1. The third-order valence-corrected chi connectivity index (χ3v) is 4.35. The van der Waals surface area contributed by atoms with Crippen molar-refractivity contribution < 1.29 is 13.7 Å². The monoisotopic (exact) mass is 270 g/mol. The van der Waals surface area contributed by atoms with E-state index < -0.39 is 15.7 Å². The first-order valence-electron chi connectivity index (χ1n) is 4.63. The third kappa shape index (κ3) is 2.29. The summed E-state index contributed by atoms with van der Waals surface area (Å²) in [6.07, 6.45) is 2.75. The van der Waals surface area contributed by atoms with E-state index in [9.17, 15) is 9.00 Å². The fourth-order valence-electron chi connectivity index (χ4n) is 1.31. The number of carbonyl (C=O) groups is 1. The molecule has 7 heteroatoms. The Balaban J connectivity index is 2.60. The fraction of sp³-hybridized carbons (Fsp3) is 0.200. The van der Waals surface area contributed by atoms with Crippen LogP contribution in [0.5, 0.6) is 0 Å². The normalized spacial score (nSPS) is 14.5. The second-order valence-electron chi connectivity index (χ2n) is 3.50. The van der Waals surface area contributed by atoms with E-state index in [-0.39, 0.29) is 0 Å². The minimum Gasteiger partial charge on any atom is -0.465 e. The zero-order valence-corrected chi connectivity index (χ0v) is 10.9. The Morgan fingerprint density at radius 1 is 1.53 bits per heavy atom. The number of nitrogens with zero attached hydrogens (tertiary/aromatic N) is 1. The zero-order chi connectivity index (χ0) is 12.6. The molecular formula is C10H10N2O3S2. The quantitative estimate of drug-likeness (QED) is 0.848. The molecule has 2 aromatic heterocycles. The lowest BCUT2D eigenvalue weighted by Crippen LogP contribution is -1.96. The number of nitrogens with one attached hydrogen (secondary N) is 1. The van der Waals surface area contributed by atoms with Gasteiger partial charge in [0.2, 0.25) is 0 Å². The van der Waals surface area contributed by atoms with E-state index in [0.717, 1.165) is 4.70 Å². The highest BCUT2D eigenvalue weighted by Gasteiger charge is 2.13. The molecule has 2 rings (SSSR count). The first kappa shape index (κ1) is 12.0. The third-order valence-electron chi connectivity index (χ3n) is 2.18. The molecule has 0 saturated heterocycles. The summed E-state index contributed by atoms with van der Waals surface area (Å²) in [5, 5.41) is 0. The number of fused-ring (bicyclic) bond motifs is 1. The molecule has 0 aliphatic heterocycles. The van der Waals surface area contributed by atoms with Gasteiger partial charge in [0.05, 0.1) is 32.0 Å². The largest absolute Gasteiger partial charge is 0.465 e. The second kappa shape index (κ2) is 4.08. The van der Waals surface area contributed by atoms with Crippen molar-refractivity contribution in [2.45, 2.75) is 4.90 Å². The molecule has 1 N–H and O–H groups in total. The molecule has 0 saturated carbocycles. The fourth-order valence-corrected chi connectivity index (χ4v) is 2.96. The van der Waals surface area contributed by atoms with Gasteiger partial charge in [-0.1, -0.05) is 0 Å². The van der Waals surface area contributed by atoms with Crippen molar-refractivity contribution in [2.75, 3.05) is 13.4 Å². The van der Waals surface area contributed by atoms with Gasteiger partial charge in [-0.25, -0.2) is 13.8 Å². The van der Waals surface area contributed by atoms with Gasteiger partial charge in [0.25, 0.3) is 0 Å². The van der Waals surface area contributed by atoms with Crippen LogP contribution >= 0.6 is 11.3 Å². The van der Waals surface area contributed by atoms with Gasteiger partial charge in [-0.05, 0) is 12.1 Å². The van der Waals surface area contributed by atoms with Gasteiger partial charge < -0.3 is 4.74 Å². The molecule has 0 radical (unpaired) electrons. The molecule has 2 heterocycles. The minimum absolute atomic E-state index is 0.364. The lowest BCUT2D eigenvalue weighted by Gasteiger charge is -1.99. The van der Waals surface area contributed by atoms with Crippen molar-refractivity contribution in [2.24, 2.45) is 0 Å². The smallest absolute Gasteiger partial charge is 0.348 e. The van der Waals surface area contributed by atoms with Gasteiger partial charge in [0, 0.05) is 12.5 Å². The van der Waals surface area contributed by atoms with Crippen LogP contribution < -0.4 is 0 Å². The molecule has 0 bridgehead atoms. The summed E-state index contributed by atoms with van der Waals surface area (Å²) in [6.45, 7) is 0. The van der Waals surface area contributed by atoms with Crippen LogP contribution in [-0.4, -0.2) is 28.5 Å². The summed E-state index contributed by atoms with van der Waals surface area (Å²) in [7, 11) is -1.47. The van der Waals surface area contributed by atoms with Gasteiger partial charge in [0.1, 0.15) is 4.88 Å². The Bertz CT molecular complexity index is 689. The number of hydrogen-bond acceptors (Lipinski definition) is 6. The summed E-state index contributed by atoms with van der Waals surface area (Å²) in [6, 6.07) is 3.26. The highest BCUT2D eigenvalue weighted by Crippen LogP contribution is 2.26. The van der Waals surface area contributed by atoms with Gasteiger partial charge in [-0.3, -0.25) is 4.98 Å². The number of methoxy groups -OCH3 is 1. The summed E-state index contributed by atoms with van der Waals surface area (Å²) in [4.78, 5) is 16.2. The number of thiophene rings is 1. The van der Waals surface area contributed by atoms with Crippen LogP contribution in [0.3, 0.4) is 0 Å². The van der Waals surface area contributed by atoms with Crippen molar-refractivity contribution >= 4 is 37.3 Å². The summed E-state index contributed by atoms with van der Waals surface area (Å²) < 4.78 is 24.4. The molecule has 0 aromatic carbocycles. The van der Waals surface area contributed by atoms with E-state index in [2.05, 4.69) is 9.72 Å². The predicted molar refractivity (Wildman–Crippen MR) is 66.0 cm³/mol. The molecule has 0 amide bonds. The zero-order valence-electron chi connectivity index (χ0n) is 9.22. The lowest BCUT2D eigenvalue weighted by atomic mass is 10.4. The summed E-state index contributed by atoms with van der Waals surface area (Å²) in [5.41, 5.74) is 0.641. The topological polar surface area (TPSA) is 80.1 Å². The SMILES string of the molecule is COC(=O)c1cc2ncc(S(C)(=N)=O)cc2s1. The highest BCUT2D eigenvalue weighted by atomic mass is 32.2. The molecule has 1 atom stereocenters. The van der Waals surface area contributed by atoms with Gasteiger partial charge in [0.15, 0.2) is 0 Å². The molecule has 0 aliphatic rings. The molecule has 1 unspecified atom stereocenters. The van der Waals surface area contributed by atoms with Crippen molar-refractivity contribution in [1.29, 1.82) is 4.78 Å². The Labute approximate surface area is 102 Å². The Hall–Kier alpha value is -1.47. The molecule has 2 aromatic rings. The van der Waals surface area contributed by atoms with Crippen LogP contribution in [0, 0.1) is 4.78 Å². The van der Waals surface area contributed by atoms with Crippen LogP contribution in [0.2, 0.25) is 0 Å². The number of pyridine rings is 1. The molecule has 0 aliphatic carbocycles. The molecule has 17 heavy (non-hydrogen) atoms.